The van der Waals surface area contributed by atoms with Gasteiger partial charge in [0.2, 0.25) is 0 Å². The van der Waals surface area contributed by atoms with Crippen LogP contribution in [0, 0.1) is 40.4 Å². The first-order valence-corrected chi connectivity index (χ1v) is 12.3. The Morgan fingerprint density at radius 1 is 0.931 bits per heavy atom. The van der Waals surface area contributed by atoms with Crippen LogP contribution in [0.4, 0.5) is 0 Å². The van der Waals surface area contributed by atoms with Crippen LogP contribution in [0.1, 0.15) is 72.1 Å². The molecule has 4 aliphatic rings. The van der Waals surface area contributed by atoms with Crippen molar-refractivity contribution in [2.45, 2.75) is 72.1 Å². The van der Waals surface area contributed by atoms with E-state index in [1.54, 1.807) is 5.70 Å². The summed E-state index contributed by atoms with van der Waals surface area (Å²) in [4.78, 5) is 0. The fourth-order valence-corrected chi connectivity index (χ4v) is 8.68. The molecule has 0 spiro atoms. The normalized spacial score (nSPS) is 44.1. The zero-order valence-electron chi connectivity index (χ0n) is 18.5. The zero-order valence-corrected chi connectivity index (χ0v) is 18.5. The molecule has 0 aliphatic heterocycles. The standard InChI is InChI=1S/C28H37N/c1-19-12-15-27(2)21(18-19)8-9-22-23-10-11-26(28(23,3)16-13-24(22)27)29-17-14-20-6-4-5-7-25(20)29/h4-7,11,14,17,19,21-24H,8-10,12-13,15-16,18H2,1-3H3/t19-,21+,22?,23?,24?,27-,28-/m0/s1. The van der Waals surface area contributed by atoms with Gasteiger partial charge in [0.25, 0.3) is 0 Å². The Balaban J connectivity index is 1.34. The van der Waals surface area contributed by atoms with Crippen LogP contribution in [-0.2, 0) is 0 Å². The van der Waals surface area contributed by atoms with Gasteiger partial charge in [-0.25, -0.2) is 0 Å². The van der Waals surface area contributed by atoms with Gasteiger partial charge < -0.3 is 4.57 Å². The summed E-state index contributed by atoms with van der Waals surface area (Å²) in [6.07, 6.45) is 16.5. The van der Waals surface area contributed by atoms with Gasteiger partial charge in [-0.1, -0.05) is 51.5 Å². The summed E-state index contributed by atoms with van der Waals surface area (Å²) in [5, 5.41) is 1.37. The van der Waals surface area contributed by atoms with Gasteiger partial charge in [-0.15, -0.1) is 0 Å². The zero-order chi connectivity index (χ0) is 19.8. The van der Waals surface area contributed by atoms with E-state index in [9.17, 15) is 0 Å². The molecule has 1 heteroatoms. The Labute approximate surface area is 176 Å². The summed E-state index contributed by atoms with van der Waals surface area (Å²) >= 11 is 0. The van der Waals surface area contributed by atoms with Gasteiger partial charge in [-0.2, -0.15) is 0 Å². The molecular weight excluding hydrogens is 350 g/mol. The third-order valence-corrected chi connectivity index (χ3v) is 10.3. The van der Waals surface area contributed by atoms with Crippen molar-refractivity contribution >= 4 is 16.6 Å². The van der Waals surface area contributed by atoms with Gasteiger partial charge in [0, 0.05) is 17.3 Å². The van der Waals surface area contributed by atoms with E-state index >= 15 is 0 Å². The van der Waals surface area contributed by atoms with Crippen LogP contribution in [0.15, 0.2) is 42.6 Å². The number of para-hydroxylation sites is 1. The van der Waals surface area contributed by atoms with Crippen LogP contribution in [0.25, 0.3) is 16.6 Å². The monoisotopic (exact) mass is 387 g/mol. The molecule has 0 amide bonds. The lowest BCUT2D eigenvalue weighted by Gasteiger charge is -2.61. The Morgan fingerprint density at radius 2 is 1.79 bits per heavy atom. The SMILES string of the molecule is C[C@H]1CC[C@]2(C)C3CC[C@]4(C)C(n5ccc6ccccc65)=CCC4C3CC[C@@H]2C1. The maximum Gasteiger partial charge on any atom is 0.0525 e. The molecule has 1 aromatic heterocycles. The molecule has 154 valence electrons. The second kappa shape index (κ2) is 6.25. The smallest absolute Gasteiger partial charge is 0.0525 e. The summed E-state index contributed by atoms with van der Waals surface area (Å²) in [6, 6.07) is 11.2. The van der Waals surface area contributed by atoms with Crippen LogP contribution >= 0.6 is 0 Å². The fraction of sp³-hybridized carbons (Fsp3) is 0.643. The van der Waals surface area contributed by atoms with E-state index < -0.39 is 0 Å². The number of aromatic nitrogens is 1. The van der Waals surface area contributed by atoms with Gasteiger partial charge in [0.1, 0.15) is 0 Å². The van der Waals surface area contributed by atoms with Crippen LogP contribution in [0.2, 0.25) is 0 Å². The molecule has 0 radical (unpaired) electrons. The molecule has 1 aromatic carbocycles. The average Bonchev–Trinajstić information content (AvgIpc) is 3.29. The van der Waals surface area contributed by atoms with E-state index in [4.69, 9.17) is 0 Å². The largest absolute Gasteiger partial charge is 0.320 e. The summed E-state index contributed by atoms with van der Waals surface area (Å²) < 4.78 is 2.53. The quantitative estimate of drug-likeness (QED) is 0.471. The highest BCUT2D eigenvalue weighted by Gasteiger charge is 2.58. The molecule has 2 aromatic rings. The Morgan fingerprint density at radius 3 is 2.69 bits per heavy atom. The van der Waals surface area contributed by atoms with Crippen LogP contribution in [0.3, 0.4) is 0 Å². The number of fused-ring (bicyclic) bond motifs is 6. The van der Waals surface area contributed by atoms with Gasteiger partial charge in [-0.05, 0) is 97.5 Å². The second-order valence-corrected chi connectivity index (χ2v) is 11.6. The molecule has 0 bridgehead atoms. The van der Waals surface area contributed by atoms with E-state index in [1.165, 1.54) is 62.3 Å². The van der Waals surface area contributed by atoms with E-state index in [2.05, 4.69) is 67.9 Å². The van der Waals surface area contributed by atoms with Gasteiger partial charge in [-0.3, -0.25) is 0 Å². The first-order valence-electron chi connectivity index (χ1n) is 12.3. The molecule has 0 saturated heterocycles. The molecule has 0 N–H and O–H groups in total. The summed E-state index contributed by atoms with van der Waals surface area (Å²) in [6.45, 7) is 7.81. The van der Waals surface area contributed by atoms with E-state index in [0.717, 1.165) is 29.6 Å². The summed E-state index contributed by atoms with van der Waals surface area (Å²) in [5.74, 6) is 4.73. The van der Waals surface area contributed by atoms with E-state index in [1.807, 2.05) is 0 Å². The van der Waals surface area contributed by atoms with Gasteiger partial charge in [0.15, 0.2) is 0 Å². The summed E-state index contributed by atoms with van der Waals surface area (Å²) in [5.41, 5.74) is 3.97. The molecule has 29 heavy (non-hydrogen) atoms. The highest BCUT2D eigenvalue weighted by Crippen LogP contribution is 2.67. The molecule has 3 fully saturated rings. The Bertz CT molecular complexity index is 966. The number of hydrogen-bond acceptors (Lipinski definition) is 0. The minimum atomic E-state index is 0.355. The molecule has 3 saturated carbocycles. The number of benzene rings is 1. The first kappa shape index (κ1) is 18.3. The van der Waals surface area contributed by atoms with E-state index in [0.29, 0.717) is 10.8 Å². The number of hydrogen-bond donors (Lipinski definition) is 0. The molecule has 7 atom stereocenters. The van der Waals surface area contributed by atoms with Crippen LogP contribution in [0.5, 0.6) is 0 Å². The topological polar surface area (TPSA) is 4.93 Å². The molecule has 4 aliphatic carbocycles. The van der Waals surface area contributed by atoms with Crippen molar-refractivity contribution in [2.75, 3.05) is 0 Å². The maximum absolute atomic E-state index is 2.70. The van der Waals surface area contributed by atoms with Crippen molar-refractivity contribution < 1.29 is 0 Å². The Hall–Kier alpha value is -1.50. The third-order valence-electron chi connectivity index (χ3n) is 10.3. The minimum absolute atomic E-state index is 0.355. The highest BCUT2D eigenvalue weighted by molar-refractivity contribution is 5.84. The van der Waals surface area contributed by atoms with Crippen LogP contribution < -0.4 is 0 Å². The van der Waals surface area contributed by atoms with Crippen molar-refractivity contribution in [3.05, 3.63) is 42.6 Å². The first-order chi connectivity index (χ1) is 14.0. The van der Waals surface area contributed by atoms with Crippen molar-refractivity contribution in [1.82, 2.24) is 4.57 Å². The van der Waals surface area contributed by atoms with Crippen molar-refractivity contribution in [2.24, 2.45) is 40.4 Å². The average molecular weight is 388 g/mol. The minimum Gasteiger partial charge on any atom is -0.320 e. The highest BCUT2D eigenvalue weighted by atomic mass is 15.0. The van der Waals surface area contributed by atoms with Crippen molar-refractivity contribution in [3.63, 3.8) is 0 Å². The lowest BCUT2D eigenvalue weighted by atomic mass is 9.44. The predicted octanol–water partition coefficient (Wildman–Crippen LogP) is 7.77. The molecule has 1 nitrogen and oxygen atoms in total. The van der Waals surface area contributed by atoms with Gasteiger partial charge in [0.05, 0.1) is 5.52 Å². The third kappa shape index (κ3) is 2.45. The van der Waals surface area contributed by atoms with Crippen molar-refractivity contribution in [1.29, 1.82) is 0 Å². The molecule has 3 unspecified atom stereocenters. The second-order valence-electron chi connectivity index (χ2n) is 11.6. The number of allylic oxidation sites excluding steroid dienone is 2. The molecular formula is C28H37N. The number of rotatable bonds is 1. The lowest BCUT2D eigenvalue weighted by Crippen LogP contribution is -2.53. The Kier molecular flexibility index (Phi) is 3.94. The molecule has 6 rings (SSSR count). The van der Waals surface area contributed by atoms with E-state index in [-0.39, 0.29) is 0 Å². The number of nitrogens with zero attached hydrogens (tertiary/aromatic N) is 1. The predicted molar refractivity (Wildman–Crippen MR) is 122 cm³/mol. The molecule has 1 heterocycles. The van der Waals surface area contributed by atoms with Crippen LogP contribution in [-0.4, -0.2) is 4.57 Å². The van der Waals surface area contributed by atoms with Crippen molar-refractivity contribution in [3.8, 4) is 0 Å². The maximum atomic E-state index is 2.70. The summed E-state index contributed by atoms with van der Waals surface area (Å²) in [7, 11) is 0. The fourth-order valence-electron chi connectivity index (χ4n) is 8.68. The lowest BCUT2D eigenvalue weighted by molar-refractivity contribution is -0.103. The van der Waals surface area contributed by atoms with Gasteiger partial charge >= 0.3 is 0 Å².